The number of nitrogens with one attached hydrogen (secondary N) is 1. The number of guanidine groups is 1. The van der Waals surface area contributed by atoms with Gasteiger partial charge in [0.05, 0.1) is 29.0 Å². The maximum Gasteiger partial charge on any atom is 0.297 e. The molecule has 12 nitrogen and oxygen atoms in total. The summed E-state index contributed by atoms with van der Waals surface area (Å²) in [4.78, 5) is 37.5. The number of benzene rings is 2. The molecule has 2 heterocycles. The first kappa shape index (κ1) is 38.6. The van der Waals surface area contributed by atoms with Gasteiger partial charge in [-0.3, -0.25) is 19.5 Å². The van der Waals surface area contributed by atoms with E-state index in [0.717, 1.165) is 42.3 Å². The fourth-order valence-corrected chi connectivity index (χ4v) is 5.05. The summed E-state index contributed by atoms with van der Waals surface area (Å²) in [6.07, 6.45) is 11.5. The number of nitrogens with two attached hydrogens (primary N) is 1. The molecule has 4 aromatic rings. The van der Waals surface area contributed by atoms with Crippen LogP contribution in [0.1, 0.15) is 93.6 Å². The van der Waals surface area contributed by atoms with Crippen LogP contribution in [0, 0.1) is 24.2 Å². The van der Waals surface area contributed by atoms with Crippen molar-refractivity contribution in [2.45, 2.75) is 71.9 Å². The number of alkyl halides is 2. The Bertz CT molecular complexity index is 1850. The molecule has 270 valence electrons. The highest BCUT2D eigenvalue weighted by Gasteiger charge is 2.34. The van der Waals surface area contributed by atoms with Crippen molar-refractivity contribution in [1.82, 2.24) is 40.0 Å². The van der Waals surface area contributed by atoms with E-state index in [0.29, 0.717) is 28.3 Å². The summed E-state index contributed by atoms with van der Waals surface area (Å²) in [5.74, 6) is -1.43. The van der Waals surface area contributed by atoms with Gasteiger partial charge in [-0.25, -0.2) is 18.4 Å². The number of carbonyl (C=O) groups excluding carboxylic acids is 2. The molecule has 15 heteroatoms. The second kappa shape index (κ2) is 16.7. The first-order valence-corrected chi connectivity index (χ1v) is 16.8. The van der Waals surface area contributed by atoms with E-state index in [1.165, 1.54) is 24.1 Å². The molecule has 1 atom stereocenters. The first-order valence-electron chi connectivity index (χ1n) is 16.4. The minimum Gasteiger partial charge on any atom is -0.369 e. The van der Waals surface area contributed by atoms with E-state index in [9.17, 15) is 18.4 Å². The molecule has 0 aliphatic heterocycles. The zero-order valence-electron chi connectivity index (χ0n) is 29.3. The molecule has 2 aromatic carbocycles. The molecule has 2 saturated carbocycles. The summed E-state index contributed by atoms with van der Waals surface area (Å²) in [6.45, 7) is 8.72. The highest BCUT2D eigenvalue weighted by molar-refractivity contribution is 6.32. The van der Waals surface area contributed by atoms with E-state index in [1.54, 1.807) is 41.3 Å². The molecule has 0 radical (unpaired) electrons. The van der Waals surface area contributed by atoms with Crippen molar-refractivity contribution in [3.63, 3.8) is 0 Å². The van der Waals surface area contributed by atoms with Crippen LogP contribution in [0.5, 0.6) is 0 Å². The van der Waals surface area contributed by atoms with Gasteiger partial charge in [0.25, 0.3) is 12.3 Å². The quantitative estimate of drug-likeness (QED) is 0.109. The molecule has 2 amide bonds. The first-order chi connectivity index (χ1) is 24.2. The summed E-state index contributed by atoms with van der Waals surface area (Å²) in [5.41, 5.74) is 9.18. The van der Waals surface area contributed by atoms with Crippen LogP contribution in [0.4, 0.5) is 8.78 Å². The van der Waals surface area contributed by atoms with Gasteiger partial charge in [-0.2, -0.15) is 20.1 Å². The topological polar surface area (TPSA) is 149 Å². The molecular weight excluding hydrogens is 678 g/mol. The Kier molecular flexibility index (Phi) is 12.7. The van der Waals surface area contributed by atoms with Gasteiger partial charge in [-0.1, -0.05) is 57.5 Å². The van der Waals surface area contributed by atoms with E-state index in [1.807, 2.05) is 0 Å². The molecule has 0 bridgehead atoms. The van der Waals surface area contributed by atoms with Crippen molar-refractivity contribution < 1.29 is 18.4 Å². The van der Waals surface area contributed by atoms with E-state index in [2.05, 4.69) is 71.1 Å². The third-order valence-corrected chi connectivity index (χ3v) is 7.91. The maximum absolute atomic E-state index is 14.1. The number of rotatable bonds is 10. The summed E-state index contributed by atoms with van der Waals surface area (Å²) < 4.78 is 28.3. The molecule has 0 unspecified atom stereocenters. The lowest BCUT2D eigenvalue weighted by atomic mass is 10.0. The lowest BCUT2D eigenvalue weighted by Crippen LogP contribution is -2.48. The van der Waals surface area contributed by atoms with E-state index >= 15 is 0 Å². The molecule has 2 aromatic heterocycles. The maximum atomic E-state index is 14.1. The Morgan fingerprint density at radius 1 is 1.08 bits per heavy atom. The Labute approximate surface area is 301 Å². The van der Waals surface area contributed by atoms with Crippen LogP contribution < -0.4 is 11.1 Å². The van der Waals surface area contributed by atoms with Gasteiger partial charge in [-0.05, 0) is 60.9 Å². The van der Waals surface area contributed by atoms with Crippen molar-refractivity contribution in [1.29, 1.82) is 0 Å². The third kappa shape index (κ3) is 10.2. The smallest absolute Gasteiger partial charge is 0.297 e. The monoisotopic (exact) mass is 720 g/mol. The number of halogens is 3. The van der Waals surface area contributed by atoms with Crippen molar-refractivity contribution >= 4 is 29.4 Å². The van der Waals surface area contributed by atoms with Crippen molar-refractivity contribution in [2.24, 2.45) is 22.1 Å². The minimum absolute atomic E-state index is 0.0280. The number of aliphatic imine (C=N–C) groups is 1. The number of hydrogen-bond acceptors (Lipinski definition) is 7. The molecule has 3 N–H and O–H groups in total. The second-order valence-corrected chi connectivity index (χ2v) is 14.1. The number of aromatic nitrogens is 6. The van der Waals surface area contributed by atoms with Crippen LogP contribution in [0.25, 0.3) is 16.9 Å². The Hall–Kier alpha value is -5.16. The van der Waals surface area contributed by atoms with Crippen LogP contribution in [-0.2, 0) is 4.79 Å². The van der Waals surface area contributed by atoms with Gasteiger partial charge < -0.3 is 11.1 Å². The zero-order valence-corrected chi connectivity index (χ0v) is 30.1. The van der Waals surface area contributed by atoms with E-state index < -0.39 is 24.2 Å². The van der Waals surface area contributed by atoms with Crippen LogP contribution in [-0.4, -0.2) is 66.0 Å². The van der Waals surface area contributed by atoms with Crippen LogP contribution in [0.15, 0.2) is 60.0 Å². The Morgan fingerprint density at radius 2 is 1.73 bits per heavy atom. The summed E-state index contributed by atoms with van der Waals surface area (Å²) >= 11 is 6.42. The van der Waals surface area contributed by atoms with Gasteiger partial charge in [0, 0.05) is 30.6 Å². The number of carbonyl (C=O) groups is 2. The van der Waals surface area contributed by atoms with Gasteiger partial charge >= 0.3 is 0 Å². The number of terminal acetylenes is 1. The normalized spacial score (nSPS) is 14.8. The Balaban J connectivity index is 0.000000768. The highest BCUT2D eigenvalue weighted by atomic mass is 35.5. The van der Waals surface area contributed by atoms with Crippen molar-refractivity contribution in [3.8, 4) is 29.8 Å². The number of nitrogens with zero attached hydrogens (tertiary/aromatic N) is 8. The van der Waals surface area contributed by atoms with Crippen LogP contribution >= 0.6 is 11.6 Å². The molecule has 2 aliphatic rings. The molecule has 0 spiro atoms. The fraction of sp³-hybridized carbons (Fsp3) is 0.417. The Morgan fingerprint density at radius 3 is 2.29 bits per heavy atom. The lowest BCUT2D eigenvalue weighted by molar-refractivity contribution is -0.122. The molecular formula is C36H43ClF2N10O2. The predicted octanol–water partition coefficient (Wildman–Crippen LogP) is 6.41. The third-order valence-electron chi connectivity index (χ3n) is 7.59. The predicted molar refractivity (Wildman–Crippen MR) is 192 cm³/mol. The van der Waals surface area contributed by atoms with Gasteiger partial charge in [0.15, 0.2) is 11.8 Å². The average Bonchev–Trinajstić information content (AvgIpc) is 4.04. The molecule has 2 aliphatic carbocycles. The summed E-state index contributed by atoms with van der Waals surface area (Å²) in [7, 11) is 1.44. The number of amides is 2. The van der Waals surface area contributed by atoms with E-state index in [-0.39, 0.29) is 35.0 Å². The minimum atomic E-state index is -2.91. The van der Waals surface area contributed by atoms with Crippen LogP contribution in [0.2, 0.25) is 5.02 Å². The summed E-state index contributed by atoms with van der Waals surface area (Å²) in [5, 5.41) is 15.8. The summed E-state index contributed by atoms with van der Waals surface area (Å²) in [6, 6.07) is 11.0. The SMILES string of the molecule is C#C.CC(C)(C)C.CN=C(N)N(C(=O)c1ccc(-c2cnn(C3CC3)n2)cc1)[C@H](CNC(=O)C1CC1)c1ccc(Cl)c(-n2ncnc2C(F)F)c1. The van der Waals surface area contributed by atoms with Crippen molar-refractivity contribution in [2.75, 3.05) is 13.6 Å². The van der Waals surface area contributed by atoms with Crippen LogP contribution in [0.3, 0.4) is 0 Å². The van der Waals surface area contributed by atoms with E-state index in [4.69, 9.17) is 17.3 Å². The zero-order chi connectivity index (χ0) is 37.5. The standard InChI is InChI=1S/C29H29ClF2N10O2.C5H12.C2H2/c1-34-29(33)40(28(44)18-6-2-16(3-7-18)22-13-37-42(39-22)20-9-10-20)24(14-35-27(43)17-4-5-17)19-8-11-21(30)23(12-19)41-26(25(31)32)36-15-38-41;1-5(2,3)4;1-2/h2-3,6-8,11-13,15,17,20,24-25H,4-5,9-10,14H2,1H3,(H2,33,34)(H,35,43);1-4H3;1-2H/t24-;;/m1../s1. The molecule has 51 heavy (non-hydrogen) atoms. The van der Waals surface area contributed by atoms with Gasteiger partial charge in [-0.15, -0.1) is 12.8 Å². The highest BCUT2D eigenvalue weighted by Crippen LogP contribution is 2.34. The largest absolute Gasteiger partial charge is 0.369 e. The second-order valence-electron chi connectivity index (χ2n) is 13.7. The fourth-order valence-electron chi connectivity index (χ4n) is 4.85. The molecule has 0 saturated heterocycles. The lowest BCUT2D eigenvalue weighted by Gasteiger charge is -2.32. The van der Waals surface area contributed by atoms with Gasteiger partial charge in [0.2, 0.25) is 5.91 Å². The molecule has 6 rings (SSSR count). The molecule has 2 fully saturated rings. The van der Waals surface area contributed by atoms with Crippen molar-refractivity contribution in [3.05, 3.63) is 77.0 Å². The van der Waals surface area contributed by atoms with Gasteiger partial charge in [0.1, 0.15) is 12.0 Å². The average molecular weight is 721 g/mol. The number of hydrogen-bond donors (Lipinski definition) is 2.